The molecule has 4 nitrogen and oxygen atoms in total. The second-order valence-electron chi connectivity index (χ2n) is 3.85. The number of benzene rings is 1. The van der Waals surface area contributed by atoms with Gasteiger partial charge < -0.3 is 5.32 Å². The molecule has 0 saturated carbocycles. The van der Waals surface area contributed by atoms with Gasteiger partial charge in [-0.2, -0.15) is 0 Å². The molecule has 1 aromatic heterocycles. The summed E-state index contributed by atoms with van der Waals surface area (Å²) in [6.07, 6.45) is 0. The average molecular weight is 301 g/mol. The third-order valence-electron chi connectivity index (χ3n) is 2.44. The van der Waals surface area contributed by atoms with Crippen molar-refractivity contribution in [2.45, 2.75) is 13.1 Å². The van der Waals surface area contributed by atoms with E-state index in [0.29, 0.717) is 13.1 Å². The Hall–Kier alpha value is -1.50. The Bertz CT molecular complexity index is 603. The molecule has 7 heteroatoms. The highest BCUT2D eigenvalue weighted by molar-refractivity contribution is 7.15. The van der Waals surface area contributed by atoms with Gasteiger partial charge in [0.25, 0.3) is 0 Å². The fourth-order valence-corrected chi connectivity index (χ4v) is 2.53. The summed E-state index contributed by atoms with van der Waals surface area (Å²) in [5.74, 6) is -0.445. The van der Waals surface area contributed by atoms with E-state index in [1.165, 1.54) is 12.1 Å². The number of halogens is 2. The van der Waals surface area contributed by atoms with Crippen LogP contribution in [0.3, 0.4) is 0 Å². The molecule has 19 heavy (non-hydrogen) atoms. The van der Waals surface area contributed by atoms with Crippen molar-refractivity contribution >= 4 is 27.9 Å². The van der Waals surface area contributed by atoms with Gasteiger partial charge in [0.05, 0.1) is 9.95 Å². The van der Waals surface area contributed by atoms with Crippen molar-refractivity contribution in [1.82, 2.24) is 5.32 Å². The van der Waals surface area contributed by atoms with Crippen molar-refractivity contribution in [2.24, 2.45) is 0 Å². The Morgan fingerprint density at radius 1 is 1.32 bits per heavy atom. The van der Waals surface area contributed by atoms with Crippen molar-refractivity contribution < 1.29 is 9.31 Å². The van der Waals surface area contributed by atoms with Crippen LogP contribution in [0.4, 0.5) is 9.39 Å². The van der Waals surface area contributed by atoms with Crippen LogP contribution in [0, 0.1) is 15.9 Å². The molecule has 0 aliphatic heterocycles. The van der Waals surface area contributed by atoms with Crippen LogP contribution < -0.4 is 5.32 Å². The van der Waals surface area contributed by atoms with Crippen LogP contribution in [0.15, 0.2) is 30.3 Å². The topological polar surface area (TPSA) is 55.2 Å². The first-order valence-corrected chi connectivity index (χ1v) is 6.63. The van der Waals surface area contributed by atoms with Gasteiger partial charge in [-0.25, -0.2) is 4.39 Å². The highest BCUT2D eigenvalue weighted by Gasteiger charge is 2.09. The number of thiophene rings is 1. The van der Waals surface area contributed by atoms with Gasteiger partial charge in [-0.15, -0.1) is 0 Å². The van der Waals surface area contributed by atoms with Gasteiger partial charge in [-0.1, -0.05) is 29.0 Å². The smallest absolute Gasteiger partial charge is 0.308 e. The van der Waals surface area contributed by atoms with E-state index in [-0.39, 0.29) is 10.0 Å². The lowest BCUT2D eigenvalue weighted by atomic mass is 10.2. The lowest BCUT2D eigenvalue weighted by Gasteiger charge is -2.04. The quantitative estimate of drug-likeness (QED) is 0.676. The molecular formula is C12H10ClFN2O2S. The van der Waals surface area contributed by atoms with Crippen molar-refractivity contribution in [3.05, 3.63) is 61.7 Å². The molecule has 1 N–H and O–H groups in total. The van der Waals surface area contributed by atoms with Gasteiger partial charge in [0.2, 0.25) is 0 Å². The number of nitro groups is 1. The molecular weight excluding hydrogens is 291 g/mol. The summed E-state index contributed by atoms with van der Waals surface area (Å²) in [6.45, 7) is 1.04. The number of hydrogen-bond donors (Lipinski definition) is 1. The van der Waals surface area contributed by atoms with Crippen molar-refractivity contribution in [3.8, 4) is 0 Å². The molecule has 2 rings (SSSR count). The first-order valence-electron chi connectivity index (χ1n) is 5.44. The van der Waals surface area contributed by atoms with Crippen molar-refractivity contribution in [2.75, 3.05) is 0 Å². The monoisotopic (exact) mass is 300 g/mol. The summed E-state index contributed by atoms with van der Waals surface area (Å²) < 4.78 is 12.9. The molecule has 0 spiro atoms. The number of rotatable bonds is 5. The van der Waals surface area contributed by atoms with Crippen LogP contribution in [0.1, 0.15) is 10.4 Å². The first kappa shape index (κ1) is 13.9. The molecule has 0 aliphatic rings. The molecule has 1 aromatic carbocycles. The van der Waals surface area contributed by atoms with Crippen molar-refractivity contribution in [3.63, 3.8) is 0 Å². The van der Waals surface area contributed by atoms with Crippen molar-refractivity contribution in [1.29, 1.82) is 0 Å². The number of hydrogen-bond acceptors (Lipinski definition) is 4. The second kappa shape index (κ2) is 6.10. The van der Waals surface area contributed by atoms with E-state index in [2.05, 4.69) is 5.32 Å². The van der Waals surface area contributed by atoms with E-state index in [1.807, 2.05) is 0 Å². The molecule has 0 saturated heterocycles. The molecule has 0 amide bonds. The van der Waals surface area contributed by atoms with Gasteiger partial charge in [-0.3, -0.25) is 10.1 Å². The maximum absolute atomic E-state index is 12.9. The largest absolute Gasteiger partial charge is 0.324 e. The molecule has 0 bridgehead atoms. The Labute approximate surface area is 118 Å². The molecule has 1 heterocycles. The van der Waals surface area contributed by atoms with Crippen LogP contribution in [0.2, 0.25) is 5.02 Å². The Morgan fingerprint density at radius 2 is 2.11 bits per heavy atom. The van der Waals surface area contributed by atoms with Crippen LogP contribution in [0.5, 0.6) is 0 Å². The third kappa shape index (κ3) is 3.73. The van der Waals surface area contributed by atoms with Gasteiger partial charge in [-0.05, 0) is 23.8 Å². The zero-order valence-electron chi connectivity index (χ0n) is 9.73. The maximum atomic E-state index is 12.9. The van der Waals surface area contributed by atoms with Crippen LogP contribution in [-0.4, -0.2) is 4.92 Å². The SMILES string of the molecule is O=[N+]([O-])c1ccc(CNCc2ccc(F)c(Cl)c2)s1. The lowest BCUT2D eigenvalue weighted by molar-refractivity contribution is -0.380. The maximum Gasteiger partial charge on any atom is 0.324 e. The second-order valence-corrected chi connectivity index (χ2v) is 5.40. The summed E-state index contributed by atoms with van der Waals surface area (Å²) in [5.41, 5.74) is 0.859. The minimum Gasteiger partial charge on any atom is -0.308 e. The zero-order valence-corrected chi connectivity index (χ0v) is 11.3. The Morgan fingerprint density at radius 3 is 2.74 bits per heavy atom. The summed E-state index contributed by atoms with van der Waals surface area (Å²) in [5, 5.41) is 13.9. The number of nitrogens with zero attached hydrogens (tertiary/aromatic N) is 1. The Balaban J connectivity index is 1.88. The third-order valence-corrected chi connectivity index (χ3v) is 3.77. The number of nitrogens with one attached hydrogen (secondary N) is 1. The van der Waals surface area contributed by atoms with E-state index in [4.69, 9.17) is 11.6 Å². The molecule has 0 atom stereocenters. The van der Waals surface area contributed by atoms with E-state index in [0.717, 1.165) is 21.8 Å². The van der Waals surface area contributed by atoms with E-state index >= 15 is 0 Å². The predicted octanol–water partition coefficient (Wildman–Crippen LogP) is 3.74. The van der Waals surface area contributed by atoms with Crippen LogP contribution in [0.25, 0.3) is 0 Å². The summed E-state index contributed by atoms with van der Waals surface area (Å²) in [4.78, 5) is 11.0. The molecule has 0 unspecified atom stereocenters. The molecule has 2 aromatic rings. The summed E-state index contributed by atoms with van der Waals surface area (Å²) >= 11 is 6.81. The fraction of sp³-hybridized carbons (Fsp3) is 0.167. The molecule has 0 radical (unpaired) electrons. The highest BCUT2D eigenvalue weighted by atomic mass is 35.5. The summed E-state index contributed by atoms with van der Waals surface area (Å²) in [7, 11) is 0. The fourth-order valence-electron chi connectivity index (χ4n) is 1.54. The lowest BCUT2D eigenvalue weighted by Crippen LogP contribution is -2.11. The van der Waals surface area contributed by atoms with Gasteiger partial charge in [0.1, 0.15) is 5.82 Å². The Kier molecular flexibility index (Phi) is 4.47. The van der Waals surface area contributed by atoms with Gasteiger partial charge >= 0.3 is 5.00 Å². The van der Waals surface area contributed by atoms with Gasteiger partial charge in [0, 0.05) is 24.0 Å². The summed E-state index contributed by atoms with van der Waals surface area (Å²) in [6, 6.07) is 7.71. The standard InChI is InChI=1S/C12H10ClFN2O2S/c13-10-5-8(1-3-11(10)14)6-15-7-9-2-4-12(19-9)16(17)18/h1-5,15H,6-7H2. The van der Waals surface area contributed by atoms with E-state index < -0.39 is 10.7 Å². The van der Waals surface area contributed by atoms with Crippen LogP contribution in [-0.2, 0) is 13.1 Å². The minimum atomic E-state index is -0.445. The van der Waals surface area contributed by atoms with E-state index in [9.17, 15) is 14.5 Å². The van der Waals surface area contributed by atoms with Gasteiger partial charge in [0.15, 0.2) is 0 Å². The van der Waals surface area contributed by atoms with E-state index in [1.54, 1.807) is 18.2 Å². The normalized spacial score (nSPS) is 10.6. The average Bonchev–Trinajstić information content (AvgIpc) is 2.83. The molecule has 0 fully saturated rings. The molecule has 0 aliphatic carbocycles. The first-order chi connectivity index (χ1) is 9.06. The highest BCUT2D eigenvalue weighted by Crippen LogP contribution is 2.23. The zero-order chi connectivity index (χ0) is 13.8. The van der Waals surface area contributed by atoms with Crippen LogP contribution >= 0.6 is 22.9 Å². The minimum absolute atomic E-state index is 0.0889. The molecule has 100 valence electrons. The predicted molar refractivity (Wildman–Crippen MR) is 72.9 cm³/mol.